The molecule has 0 aromatic carbocycles. The number of amides is 1. The molecule has 0 aliphatic heterocycles. The molecule has 0 unspecified atom stereocenters. The number of hydrogen-bond acceptors (Lipinski definition) is 4. The summed E-state index contributed by atoms with van der Waals surface area (Å²) in [5.74, 6) is 0.0897. The molecular weight excluding hydrogens is 234 g/mol. The zero-order chi connectivity index (χ0) is 13.1. The molecule has 0 bridgehead atoms. The number of amidine groups is 1. The third kappa shape index (κ3) is 2.61. The largest absolute Gasteiger partial charge is 0.409 e. The highest BCUT2D eigenvalue weighted by Crippen LogP contribution is 2.28. The Balaban J connectivity index is 2.06. The van der Waals surface area contributed by atoms with Gasteiger partial charge in [-0.25, -0.2) is 0 Å². The van der Waals surface area contributed by atoms with Crippen molar-refractivity contribution in [1.29, 1.82) is 0 Å². The summed E-state index contributed by atoms with van der Waals surface area (Å²) >= 11 is 0. The second-order valence-electron chi connectivity index (χ2n) is 4.48. The topological polar surface area (TPSA) is 108 Å². The van der Waals surface area contributed by atoms with Crippen molar-refractivity contribution in [3.63, 3.8) is 0 Å². The molecule has 7 nitrogen and oxygen atoms in total. The Kier molecular flexibility index (Phi) is 3.50. The summed E-state index contributed by atoms with van der Waals surface area (Å²) in [5.41, 5.74) is 6.78. The number of nitrogens with zero attached hydrogens (tertiary/aromatic N) is 3. The molecule has 1 amide bonds. The molecule has 0 saturated heterocycles. The molecule has 1 fully saturated rings. The first kappa shape index (κ1) is 12.4. The molecule has 7 heteroatoms. The third-order valence-corrected chi connectivity index (χ3v) is 3.05. The van der Waals surface area contributed by atoms with Crippen molar-refractivity contribution in [2.24, 2.45) is 10.9 Å². The van der Waals surface area contributed by atoms with Crippen LogP contribution in [0.2, 0.25) is 0 Å². The molecule has 4 N–H and O–H groups in total. The van der Waals surface area contributed by atoms with Gasteiger partial charge < -0.3 is 15.8 Å². The van der Waals surface area contributed by atoms with E-state index in [9.17, 15) is 4.79 Å². The summed E-state index contributed by atoms with van der Waals surface area (Å²) in [4.78, 5) is 14.1. The lowest BCUT2D eigenvalue weighted by molar-refractivity contribution is 0.0747. The molecule has 1 heterocycles. The molecule has 1 saturated carbocycles. The van der Waals surface area contributed by atoms with Gasteiger partial charge in [0, 0.05) is 24.7 Å². The van der Waals surface area contributed by atoms with E-state index in [1.807, 2.05) is 6.92 Å². The minimum Gasteiger partial charge on any atom is -0.409 e. The molecule has 2 rings (SSSR count). The number of hydrogen-bond donors (Lipinski definition) is 3. The van der Waals surface area contributed by atoms with Crippen LogP contribution in [0.1, 0.15) is 35.3 Å². The Morgan fingerprint density at radius 3 is 2.94 bits per heavy atom. The first-order chi connectivity index (χ1) is 8.63. The van der Waals surface area contributed by atoms with Gasteiger partial charge in [-0.3, -0.25) is 9.89 Å². The summed E-state index contributed by atoms with van der Waals surface area (Å²) in [7, 11) is 0. The summed E-state index contributed by atoms with van der Waals surface area (Å²) in [6, 6.07) is 0.276. The standard InChI is InChI=1S/C11H17N5O2/c1-7-9(6-13-14-7)11(17)16(8-2-3-8)5-4-10(12)15-18/h6,8,18H,2-5H2,1H3,(H2,12,15)(H,13,14). The van der Waals surface area contributed by atoms with Crippen molar-refractivity contribution in [2.75, 3.05) is 6.54 Å². The normalized spacial score (nSPS) is 15.7. The van der Waals surface area contributed by atoms with Gasteiger partial charge in [0.05, 0.1) is 11.8 Å². The van der Waals surface area contributed by atoms with Crippen LogP contribution < -0.4 is 5.73 Å². The SMILES string of the molecule is Cc1[nH]ncc1C(=O)N(CCC(N)=NO)C1CC1. The number of nitrogens with one attached hydrogen (secondary N) is 1. The number of aromatic amines is 1. The Morgan fingerprint density at radius 1 is 1.72 bits per heavy atom. The van der Waals surface area contributed by atoms with Gasteiger partial charge in [0.1, 0.15) is 5.84 Å². The lowest BCUT2D eigenvalue weighted by atomic mass is 10.2. The van der Waals surface area contributed by atoms with Crippen molar-refractivity contribution in [3.05, 3.63) is 17.5 Å². The van der Waals surface area contributed by atoms with E-state index in [-0.39, 0.29) is 17.8 Å². The van der Waals surface area contributed by atoms with Crippen molar-refractivity contribution >= 4 is 11.7 Å². The fourth-order valence-electron chi connectivity index (χ4n) is 1.84. The summed E-state index contributed by atoms with van der Waals surface area (Å²) < 4.78 is 0. The molecule has 0 radical (unpaired) electrons. The number of H-pyrrole nitrogens is 1. The minimum atomic E-state index is -0.0468. The third-order valence-electron chi connectivity index (χ3n) is 3.05. The zero-order valence-electron chi connectivity index (χ0n) is 10.3. The predicted molar refractivity (Wildman–Crippen MR) is 65.4 cm³/mol. The van der Waals surface area contributed by atoms with E-state index in [1.54, 1.807) is 4.90 Å². The molecule has 98 valence electrons. The van der Waals surface area contributed by atoms with Gasteiger partial charge in [0.25, 0.3) is 5.91 Å². The van der Waals surface area contributed by atoms with E-state index in [1.165, 1.54) is 6.20 Å². The van der Waals surface area contributed by atoms with Gasteiger partial charge in [0.15, 0.2) is 0 Å². The van der Waals surface area contributed by atoms with E-state index in [4.69, 9.17) is 10.9 Å². The quantitative estimate of drug-likeness (QED) is 0.306. The number of oxime groups is 1. The molecule has 0 atom stereocenters. The zero-order valence-corrected chi connectivity index (χ0v) is 10.3. The summed E-state index contributed by atoms with van der Waals surface area (Å²) in [6.07, 6.45) is 3.93. The molecule has 18 heavy (non-hydrogen) atoms. The predicted octanol–water partition coefficient (Wildman–Crippen LogP) is 0.459. The lowest BCUT2D eigenvalue weighted by Crippen LogP contribution is -2.36. The number of nitrogens with two attached hydrogens (primary N) is 1. The van der Waals surface area contributed by atoms with E-state index in [0.717, 1.165) is 18.5 Å². The average molecular weight is 251 g/mol. The van der Waals surface area contributed by atoms with Crippen LogP contribution in [-0.4, -0.2) is 44.6 Å². The fraction of sp³-hybridized carbons (Fsp3) is 0.545. The molecule has 1 aromatic rings. The minimum absolute atomic E-state index is 0.0468. The Bertz CT molecular complexity index is 464. The van der Waals surface area contributed by atoms with E-state index >= 15 is 0 Å². The molecule has 1 aromatic heterocycles. The van der Waals surface area contributed by atoms with E-state index in [2.05, 4.69) is 15.4 Å². The fourth-order valence-corrected chi connectivity index (χ4v) is 1.84. The highest BCUT2D eigenvalue weighted by atomic mass is 16.4. The monoisotopic (exact) mass is 251 g/mol. The lowest BCUT2D eigenvalue weighted by Gasteiger charge is -2.21. The van der Waals surface area contributed by atoms with Crippen LogP contribution in [0.3, 0.4) is 0 Å². The van der Waals surface area contributed by atoms with Crippen molar-refractivity contribution in [3.8, 4) is 0 Å². The Morgan fingerprint density at radius 2 is 2.44 bits per heavy atom. The Hall–Kier alpha value is -2.05. The maximum Gasteiger partial charge on any atom is 0.257 e. The molecule has 1 aliphatic rings. The van der Waals surface area contributed by atoms with E-state index < -0.39 is 0 Å². The van der Waals surface area contributed by atoms with Crippen molar-refractivity contribution < 1.29 is 10.0 Å². The van der Waals surface area contributed by atoms with Gasteiger partial charge >= 0.3 is 0 Å². The van der Waals surface area contributed by atoms with E-state index in [0.29, 0.717) is 18.5 Å². The Labute approximate surface area is 105 Å². The smallest absolute Gasteiger partial charge is 0.257 e. The highest BCUT2D eigenvalue weighted by Gasteiger charge is 2.33. The number of rotatable bonds is 5. The number of aryl methyl sites for hydroxylation is 1. The van der Waals surface area contributed by atoms with Gasteiger partial charge in [-0.2, -0.15) is 5.10 Å². The van der Waals surface area contributed by atoms with Crippen LogP contribution in [0.15, 0.2) is 11.4 Å². The average Bonchev–Trinajstić information content (AvgIpc) is 3.10. The number of carbonyl (C=O) groups excluding carboxylic acids is 1. The van der Waals surface area contributed by atoms with Gasteiger partial charge in [-0.05, 0) is 19.8 Å². The number of carbonyl (C=O) groups is 1. The highest BCUT2D eigenvalue weighted by molar-refractivity contribution is 5.95. The second-order valence-corrected chi connectivity index (χ2v) is 4.48. The summed E-state index contributed by atoms with van der Waals surface area (Å²) in [6.45, 7) is 2.28. The number of aromatic nitrogens is 2. The first-order valence-electron chi connectivity index (χ1n) is 5.90. The maximum atomic E-state index is 12.3. The molecule has 1 aliphatic carbocycles. The first-order valence-corrected chi connectivity index (χ1v) is 5.90. The van der Waals surface area contributed by atoms with Crippen LogP contribution >= 0.6 is 0 Å². The van der Waals surface area contributed by atoms with Crippen LogP contribution in [0.25, 0.3) is 0 Å². The van der Waals surface area contributed by atoms with Gasteiger partial charge in [0.2, 0.25) is 0 Å². The van der Waals surface area contributed by atoms with Crippen LogP contribution in [0, 0.1) is 6.92 Å². The van der Waals surface area contributed by atoms with Crippen LogP contribution in [0.4, 0.5) is 0 Å². The van der Waals surface area contributed by atoms with Gasteiger partial charge in [-0.1, -0.05) is 5.16 Å². The van der Waals surface area contributed by atoms with Crippen molar-refractivity contribution in [1.82, 2.24) is 15.1 Å². The molecule has 0 spiro atoms. The maximum absolute atomic E-state index is 12.3. The van der Waals surface area contributed by atoms with Gasteiger partial charge in [-0.15, -0.1) is 0 Å². The van der Waals surface area contributed by atoms with Crippen molar-refractivity contribution in [2.45, 2.75) is 32.2 Å². The second kappa shape index (κ2) is 5.07. The molecular formula is C11H17N5O2. The van der Waals surface area contributed by atoms with Crippen LogP contribution in [-0.2, 0) is 0 Å². The van der Waals surface area contributed by atoms with Crippen LogP contribution in [0.5, 0.6) is 0 Å². The summed E-state index contributed by atoms with van der Waals surface area (Å²) in [5, 5.41) is 18.0.